The number of carbonyl (C=O) groups is 2. The van der Waals surface area contributed by atoms with Gasteiger partial charge < -0.3 is 14.6 Å². The van der Waals surface area contributed by atoms with Gasteiger partial charge in [-0.25, -0.2) is 9.78 Å². The van der Waals surface area contributed by atoms with Crippen molar-refractivity contribution in [1.29, 1.82) is 0 Å². The summed E-state index contributed by atoms with van der Waals surface area (Å²) in [5, 5.41) is 13.1. The summed E-state index contributed by atoms with van der Waals surface area (Å²) in [6, 6.07) is 10.9. The normalized spacial score (nSPS) is 11.9. The highest BCUT2D eigenvalue weighted by atomic mass is 35.5. The summed E-state index contributed by atoms with van der Waals surface area (Å²) < 4.78 is 11.3. The Balaban J connectivity index is 1.74. The molecule has 3 aromatic rings. The van der Waals surface area contributed by atoms with E-state index in [0.29, 0.717) is 28.1 Å². The number of carboxylic acid groups (broad SMARTS) is 1. The van der Waals surface area contributed by atoms with Crippen LogP contribution in [-0.2, 0) is 16.0 Å². The molecule has 0 spiro atoms. The van der Waals surface area contributed by atoms with Crippen LogP contribution in [0.3, 0.4) is 0 Å². The minimum atomic E-state index is -1.09. The second-order valence-corrected chi connectivity index (χ2v) is 12.0. The van der Waals surface area contributed by atoms with Crippen LogP contribution in [0.5, 0.6) is 5.06 Å². The minimum Gasteiger partial charge on any atom is -0.486 e. The number of halogens is 2. The highest BCUT2D eigenvalue weighted by Crippen LogP contribution is 2.38. The van der Waals surface area contributed by atoms with Gasteiger partial charge in [-0.3, -0.25) is 10.1 Å². The van der Waals surface area contributed by atoms with Crippen molar-refractivity contribution >= 4 is 57.6 Å². The first-order chi connectivity index (χ1) is 18.4. The number of aromatic nitrogens is 1. The summed E-state index contributed by atoms with van der Waals surface area (Å²) >= 11 is 13.8. The standard InChI is InChI=1S/C29H32Cl2N2O5S/c1-17(26(35)36)12-21-22(30)14-20(15-23(21)31)25(34)33-28-32-24(27(37-5)39-28)19-10-6-8-18(13-19)9-7-11-38-16-29(2,3)4/h6,8,10,12-15H,7,9,11,16H2,1-5H3,(H,35,36)(H,32,33,34). The zero-order valence-corrected chi connectivity index (χ0v) is 24.9. The summed E-state index contributed by atoms with van der Waals surface area (Å²) in [4.78, 5) is 28.7. The molecule has 39 heavy (non-hydrogen) atoms. The van der Waals surface area contributed by atoms with Crippen molar-refractivity contribution in [2.75, 3.05) is 25.6 Å². The summed E-state index contributed by atoms with van der Waals surface area (Å²) in [7, 11) is 1.56. The third-order valence-electron chi connectivity index (χ3n) is 5.53. The molecule has 1 aromatic heterocycles. The second kappa shape index (κ2) is 13.4. The first-order valence-corrected chi connectivity index (χ1v) is 13.9. The Hall–Kier alpha value is -2.91. The van der Waals surface area contributed by atoms with Gasteiger partial charge in [0.2, 0.25) is 5.06 Å². The van der Waals surface area contributed by atoms with Crippen molar-refractivity contribution in [2.45, 2.75) is 40.5 Å². The average Bonchev–Trinajstić information content (AvgIpc) is 3.28. The first kappa shape index (κ1) is 30.6. The number of thiazole rings is 1. The van der Waals surface area contributed by atoms with E-state index in [1.807, 2.05) is 12.1 Å². The molecular formula is C29H32Cl2N2O5S. The number of hydrogen-bond acceptors (Lipinski definition) is 6. The van der Waals surface area contributed by atoms with Gasteiger partial charge >= 0.3 is 5.97 Å². The third kappa shape index (κ3) is 8.80. The van der Waals surface area contributed by atoms with Gasteiger partial charge in [0.1, 0.15) is 5.69 Å². The molecular weight excluding hydrogens is 559 g/mol. The molecule has 10 heteroatoms. The molecule has 0 saturated heterocycles. The van der Waals surface area contributed by atoms with Crippen molar-refractivity contribution in [2.24, 2.45) is 5.41 Å². The van der Waals surface area contributed by atoms with Crippen molar-refractivity contribution in [3.63, 3.8) is 0 Å². The number of nitrogens with one attached hydrogen (secondary N) is 1. The highest BCUT2D eigenvalue weighted by molar-refractivity contribution is 7.18. The van der Waals surface area contributed by atoms with Crippen molar-refractivity contribution in [3.8, 4) is 16.3 Å². The molecule has 0 fully saturated rings. The average molecular weight is 592 g/mol. The Morgan fingerprint density at radius 3 is 2.46 bits per heavy atom. The molecule has 0 aliphatic rings. The maximum atomic E-state index is 13.0. The zero-order valence-electron chi connectivity index (χ0n) is 22.6. The Bertz CT molecular complexity index is 1360. The van der Waals surface area contributed by atoms with Crippen LogP contribution in [0, 0.1) is 5.41 Å². The van der Waals surface area contributed by atoms with Crippen molar-refractivity contribution in [1.82, 2.24) is 4.98 Å². The number of hydrogen-bond donors (Lipinski definition) is 2. The van der Waals surface area contributed by atoms with Crippen LogP contribution in [0.15, 0.2) is 42.0 Å². The Labute approximate surface area is 242 Å². The van der Waals surface area contributed by atoms with Gasteiger partial charge in [-0.05, 0) is 55.0 Å². The molecule has 0 bridgehead atoms. The number of benzene rings is 2. The first-order valence-electron chi connectivity index (χ1n) is 12.3. The molecule has 208 valence electrons. The molecule has 2 aromatic carbocycles. The van der Waals surface area contributed by atoms with E-state index in [0.717, 1.165) is 30.6 Å². The van der Waals surface area contributed by atoms with Gasteiger partial charge in [-0.15, -0.1) is 0 Å². The number of carboxylic acids is 1. The lowest BCUT2D eigenvalue weighted by Crippen LogP contribution is -2.15. The quantitative estimate of drug-likeness (QED) is 0.174. The van der Waals surface area contributed by atoms with Gasteiger partial charge in [-0.2, -0.15) is 0 Å². The largest absolute Gasteiger partial charge is 0.486 e. The Kier molecular flexibility index (Phi) is 10.6. The fraction of sp³-hybridized carbons (Fsp3) is 0.345. The van der Waals surface area contributed by atoms with E-state index in [-0.39, 0.29) is 26.6 Å². The summed E-state index contributed by atoms with van der Waals surface area (Å²) in [5.74, 6) is -1.55. The van der Waals surface area contributed by atoms with Crippen LogP contribution in [0.1, 0.15) is 55.6 Å². The maximum Gasteiger partial charge on any atom is 0.331 e. The number of anilines is 1. The van der Waals surface area contributed by atoms with Gasteiger partial charge in [0.05, 0.1) is 23.8 Å². The molecule has 1 heterocycles. The molecule has 0 unspecified atom stereocenters. The van der Waals surface area contributed by atoms with Crippen LogP contribution in [-0.4, -0.2) is 42.3 Å². The molecule has 2 N–H and O–H groups in total. The van der Waals surface area contributed by atoms with Crippen LogP contribution in [0.25, 0.3) is 17.3 Å². The van der Waals surface area contributed by atoms with Crippen molar-refractivity contribution in [3.05, 3.63) is 68.7 Å². The third-order valence-corrected chi connectivity index (χ3v) is 7.09. The summed E-state index contributed by atoms with van der Waals surface area (Å²) in [6.45, 7) is 9.30. The van der Waals surface area contributed by atoms with Gasteiger partial charge in [0.25, 0.3) is 5.91 Å². The number of carbonyl (C=O) groups excluding carboxylic acids is 1. The fourth-order valence-corrected chi connectivity index (χ4v) is 5.01. The van der Waals surface area contributed by atoms with E-state index in [1.165, 1.54) is 36.5 Å². The van der Waals surface area contributed by atoms with Gasteiger partial charge in [0.15, 0.2) is 5.13 Å². The van der Waals surface area contributed by atoms with E-state index >= 15 is 0 Å². The number of aryl methyl sites for hydroxylation is 1. The SMILES string of the molecule is COc1sc(NC(=O)c2cc(Cl)c(C=C(C)C(=O)O)c(Cl)c2)nc1-c1cccc(CCCOCC(C)(C)C)c1. The number of ether oxygens (including phenoxy) is 2. The second-order valence-electron chi connectivity index (χ2n) is 10.2. The van der Waals surface area contributed by atoms with Crippen LogP contribution < -0.4 is 10.1 Å². The molecule has 0 aliphatic carbocycles. The monoisotopic (exact) mass is 590 g/mol. The van der Waals surface area contributed by atoms with E-state index in [4.69, 9.17) is 37.8 Å². The number of aliphatic carboxylic acids is 1. The fourth-order valence-electron chi connectivity index (χ4n) is 3.61. The highest BCUT2D eigenvalue weighted by Gasteiger charge is 2.19. The molecule has 0 saturated carbocycles. The predicted molar refractivity (Wildman–Crippen MR) is 158 cm³/mol. The molecule has 0 radical (unpaired) electrons. The topological polar surface area (TPSA) is 97.8 Å². The van der Waals surface area contributed by atoms with Gasteiger partial charge in [-0.1, -0.05) is 73.5 Å². The minimum absolute atomic E-state index is 0.0661. The number of rotatable bonds is 11. The molecule has 3 rings (SSSR count). The summed E-state index contributed by atoms with van der Waals surface area (Å²) in [5.41, 5.74) is 3.42. The van der Waals surface area contributed by atoms with E-state index < -0.39 is 11.9 Å². The van der Waals surface area contributed by atoms with Crippen molar-refractivity contribution < 1.29 is 24.2 Å². The molecule has 0 aliphatic heterocycles. The zero-order chi connectivity index (χ0) is 28.7. The maximum absolute atomic E-state index is 13.0. The molecule has 1 amide bonds. The van der Waals surface area contributed by atoms with Crippen LogP contribution in [0.2, 0.25) is 10.0 Å². The van der Waals surface area contributed by atoms with E-state index in [2.05, 4.69) is 43.2 Å². The molecule has 7 nitrogen and oxygen atoms in total. The number of methoxy groups -OCH3 is 1. The predicted octanol–water partition coefficient (Wildman–Crippen LogP) is 7.86. The smallest absolute Gasteiger partial charge is 0.331 e. The van der Waals surface area contributed by atoms with Crippen LogP contribution in [0.4, 0.5) is 5.13 Å². The van der Waals surface area contributed by atoms with E-state index in [1.54, 1.807) is 7.11 Å². The van der Waals surface area contributed by atoms with Crippen LogP contribution >= 0.6 is 34.5 Å². The van der Waals surface area contributed by atoms with Gasteiger partial charge in [0, 0.05) is 28.9 Å². The molecule has 0 atom stereocenters. The number of amides is 1. The summed E-state index contributed by atoms with van der Waals surface area (Å²) in [6.07, 6.45) is 3.14. The van der Waals surface area contributed by atoms with E-state index in [9.17, 15) is 9.59 Å². The lowest BCUT2D eigenvalue weighted by Gasteiger charge is -2.17. The Morgan fingerprint density at radius 2 is 1.85 bits per heavy atom. The lowest BCUT2D eigenvalue weighted by atomic mass is 9.99. The Morgan fingerprint density at radius 1 is 1.15 bits per heavy atom. The lowest BCUT2D eigenvalue weighted by molar-refractivity contribution is -0.132. The number of nitrogens with zero attached hydrogens (tertiary/aromatic N) is 1.